The van der Waals surface area contributed by atoms with E-state index in [-0.39, 0.29) is 18.1 Å². The van der Waals surface area contributed by atoms with Gasteiger partial charge in [-0.1, -0.05) is 12.1 Å². The van der Waals surface area contributed by atoms with E-state index in [2.05, 4.69) is 28.5 Å². The van der Waals surface area contributed by atoms with Crippen LogP contribution in [0.5, 0.6) is 0 Å². The van der Waals surface area contributed by atoms with Gasteiger partial charge in [-0.05, 0) is 55.7 Å². The second-order valence-electron chi connectivity index (χ2n) is 7.45. The number of aromatic nitrogens is 1. The molecule has 0 bridgehead atoms. The summed E-state index contributed by atoms with van der Waals surface area (Å²) in [6.45, 7) is 1.22. The maximum Gasteiger partial charge on any atom is 0.226 e. The Kier molecular flexibility index (Phi) is 5.80. The van der Waals surface area contributed by atoms with Crippen LogP contribution in [0.3, 0.4) is 0 Å². The third-order valence-electron chi connectivity index (χ3n) is 5.41. The van der Waals surface area contributed by atoms with Crippen LogP contribution in [-0.2, 0) is 27.7 Å². The summed E-state index contributed by atoms with van der Waals surface area (Å²) in [5.74, 6) is -0.162. The normalized spacial score (nSPS) is 17.0. The molecule has 2 heterocycles. The van der Waals surface area contributed by atoms with Gasteiger partial charge < -0.3 is 5.32 Å². The third-order valence-corrected chi connectivity index (χ3v) is 8.12. The van der Waals surface area contributed by atoms with Crippen LogP contribution in [0.25, 0.3) is 11.3 Å². The molecule has 0 radical (unpaired) electrons. The molecule has 6 nitrogen and oxygen atoms in total. The summed E-state index contributed by atoms with van der Waals surface area (Å²) in [7, 11) is -3.23. The summed E-state index contributed by atoms with van der Waals surface area (Å²) in [6, 6.07) is 6.47. The van der Waals surface area contributed by atoms with Gasteiger partial charge in [-0.15, -0.1) is 11.3 Å². The van der Waals surface area contributed by atoms with Crippen molar-refractivity contribution < 1.29 is 13.2 Å². The lowest BCUT2D eigenvalue weighted by Crippen LogP contribution is -2.30. The predicted molar refractivity (Wildman–Crippen MR) is 112 cm³/mol. The van der Waals surface area contributed by atoms with E-state index in [4.69, 9.17) is 0 Å². The summed E-state index contributed by atoms with van der Waals surface area (Å²) in [5.41, 5.74) is 4.77. The molecule has 1 aromatic carbocycles. The van der Waals surface area contributed by atoms with Crippen LogP contribution >= 0.6 is 11.3 Å². The molecule has 1 amide bonds. The van der Waals surface area contributed by atoms with E-state index in [9.17, 15) is 13.2 Å². The number of sulfonamides is 1. The van der Waals surface area contributed by atoms with Gasteiger partial charge in [0.15, 0.2) is 5.13 Å². The Bertz CT molecular complexity index is 963. The highest BCUT2D eigenvalue weighted by molar-refractivity contribution is 7.89. The largest absolute Gasteiger partial charge is 0.302 e. The fraction of sp³-hybridized carbons (Fsp3) is 0.500. The minimum absolute atomic E-state index is 0.0265. The van der Waals surface area contributed by atoms with Crippen molar-refractivity contribution in [1.29, 1.82) is 0 Å². The van der Waals surface area contributed by atoms with Crippen LogP contribution in [-0.4, -0.2) is 42.5 Å². The minimum Gasteiger partial charge on any atom is -0.302 e. The number of hydrogen-bond acceptors (Lipinski definition) is 5. The number of carbonyl (C=O) groups excluding carboxylic acids is 1. The second kappa shape index (κ2) is 8.31. The fourth-order valence-electron chi connectivity index (χ4n) is 3.89. The molecule has 0 atom stereocenters. The van der Waals surface area contributed by atoms with Crippen molar-refractivity contribution in [3.05, 3.63) is 34.7 Å². The lowest BCUT2D eigenvalue weighted by atomic mass is 10.1. The topological polar surface area (TPSA) is 79.4 Å². The molecule has 1 saturated heterocycles. The molecule has 28 heavy (non-hydrogen) atoms. The van der Waals surface area contributed by atoms with Crippen molar-refractivity contribution >= 4 is 32.4 Å². The Morgan fingerprint density at radius 1 is 1.14 bits per heavy atom. The number of nitrogens with zero attached hydrogens (tertiary/aromatic N) is 2. The molecule has 1 aromatic heterocycles. The van der Waals surface area contributed by atoms with Gasteiger partial charge in [0.2, 0.25) is 15.9 Å². The zero-order valence-electron chi connectivity index (χ0n) is 15.8. The second-order valence-corrected chi connectivity index (χ2v) is 10.4. The van der Waals surface area contributed by atoms with E-state index in [0.717, 1.165) is 36.9 Å². The van der Waals surface area contributed by atoms with Crippen molar-refractivity contribution in [3.8, 4) is 11.3 Å². The van der Waals surface area contributed by atoms with Gasteiger partial charge in [0.05, 0.1) is 11.4 Å². The summed E-state index contributed by atoms with van der Waals surface area (Å²) >= 11 is 1.40. The SMILES string of the molecule is O=C(CCCS(=O)(=O)N1CCCC1)Nc1nc(-c2ccc3c(c2)CCC3)cs1. The van der Waals surface area contributed by atoms with Crippen molar-refractivity contribution in [1.82, 2.24) is 9.29 Å². The molecule has 2 aliphatic rings. The van der Waals surface area contributed by atoms with Crippen LogP contribution in [0.15, 0.2) is 23.6 Å². The Balaban J connectivity index is 1.29. The minimum atomic E-state index is -3.23. The molecule has 1 N–H and O–H groups in total. The van der Waals surface area contributed by atoms with Crippen molar-refractivity contribution in [2.45, 2.75) is 44.9 Å². The summed E-state index contributed by atoms with van der Waals surface area (Å²) < 4.78 is 25.9. The first kappa shape index (κ1) is 19.5. The van der Waals surface area contributed by atoms with Crippen LogP contribution < -0.4 is 5.32 Å². The molecule has 0 spiro atoms. The zero-order valence-corrected chi connectivity index (χ0v) is 17.4. The van der Waals surface area contributed by atoms with E-state index >= 15 is 0 Å². The number of benzene rings is 1. The van der Waals surface area contributed by atoms with Gasteiger partial charge in [0, 0.05) is 30.5 Å². The Morgan fingerprint density at radius 3 is 2.75 bits per heavy atom. The number of anilines is 1. The number of thiazole rings is 1. The van der Waals surface area contributed by atoms with Crippen molar-refractivity contribution in [3.63, 3.8) is 0 Å². The van der Waals surface area contributed by atoms with Crippen molar-refractivity contribution in [2.24, 2.45) is 0 Å². The van der Waals surface area contributed by atoms with E-state index in [0.29, 0.717) is 24.6 Å². The van der Waals surface area contributed by atoms with Gasteiger partial charge in [0.25, 0.3) is 0 Å². The number of hydrogen-bond donors (Lipinski definition) is 1. The molecular weight excluding hydrogens is 394 g/mol. The zero-order chi connectivity index (χ0) is 19.6. The summed E-state index contributed by atoms with van der Waals surface area (Å²) in [6.07, 6.45) is 5.85. The maximum absolute atomic E-state index is 12.2. The maximum atomic E-state index is 12.2. The number of amides is 1. The Hall–Kier alpha value is -1.77. The van der Waals surface area contributed by atoms with Gasteiger partial charge in [-0.2, -0.15) is 0 Å². The molecule has 1 fully saturated rings. The summed E-state index contributed by atoms with van der Waals surface area (Å²) in [4.78, 5) is 16.7. The smallest absolute Gasteiger partial charge is 0.226 e. The van der Waals surface area contributed by atoms with Crippen LogP contribution in [0, 0.1) is 0 Å². The third kappa shape index (κ3) is 4.45. The Labute approximate surface area is 170 Å². The van der Waals surface area contributed by atoms with E-state index in [1.54, 1.807) is 0 Å². The van der Waals surface area contributed by atoms with Crippen LogP contribution in [0.4, 0.5) is 5.13 Å². The monoisotopic (exact) mass is 419 g/mol. The van der Waals surface area contributed by atoms with Crippen molar-refractivity contribution in [2.75, 3.05) is 24.2 Å². The number of carbonyl (C=O) groups is 1. The van der Waals surface area contributed by atoms with Gasteiger partial charge >= 0.3 is 0 Å². The predicted octanol–water partition coefficient (Wildman–Crippen LogP) is 3.44. The number of fused-ring (bicyclic) bond motifs is 1. The fourth-order valence-corrected chi connectivity index (χ4v) is 6.20. The molecule has 0 saturated carbocycles. The first-order chi connectivity index (χ1) is 13.5. The van der Waals surface area contributed by atoms with Gasteiger partial charge in [0.1, 0.15) is 0 Å². The van der Waals surface area contributed by atoms with E-state index in [1.165, 1.54) is 33.2 Å². The summed E-state index contributed by atoms with van der Waals surface area (Å²) in [5, 5.41) is 5.31. The standard InChI is InChI=1S/C20H25N3O3S2/c24-19(7-4-12-28(25,26)23-10-1-2-11-23)22-20-21-18(14-27-20)17-9-8-15-5-3-6-16(15)13-17/h8-9,13-14H,1-7,10-12H2,(H,21,22,24). The number of nitrogens with one attached hydrogen (secondary N) is 1. The average molecular weight is 420 g/mol. The first-order valence-corrected chi connectivity index (χ1v) is 12.4. The molecule has 2 aromatic rings. The quantitative estimate of drug-likeness (QED) is 0.746. The van der Waals surface area contributed by atoms with E-state index in [1.807, 2.05) is 5.38 Å². The van der Waals surface area contributed by atoms with Crippen LogP contribution in [0.2, 0.25) is 0 Å². The first-order valence-electron chi connectivity index (χ1n) is 9.87. The van der Waals surface area contributed by atoms with Gasteiger partial charge in [-0.3, -0.25) is 4.79 Å². The average Bonchev–Trinajstić information content (AvgIpc) is 3.42. The molecule has 4 rings (SSSR count). The molecule has 1 aliphatic carbocycles. The molecule has 150 valence electrons. The van der Waals surface area contributed by atoms with Gasteiger partial charge in [-0.25, -0.2) is 17.7 Å². The lowest BCUT2D eigenvalue weighted by molar-refractivity contribution is -0.116. The highest BCUT2D eigenvalue weighted by Crippen LogP contribution is 2.30. The molecule has 8 heteroatoms. The van der Waals surface area contributed by atoms with Crippen LogP contribution in [0.1, 0.15) is 43.2 Å². The van der Waals surface area contributed by atoms with E-state index < -0.39 is 10.0 Å². The number of rotatable bonds is 7. The highest BCUT2D eigenvalue weighted by atomic mass is 32.2. The molecule has 1 aliphatic heterocycles. The molecular formula is C20H25N3O3S2. The number of aryl methyl sites for hydroxylation is 2. The Morgan fingerprint density at radius 2 is 1.93 bits per heavy atom. The molecule has 0 unspecified atom stereocenters. The lowest BCUT2D eigenvalue weighted by Gasteiger charge is -2.14. The highest BCUT2D eigenvalue weighted by Gasteiger charge is 2.25.